The maximum atomic E-state index is 14.0. The zero-order valence-corrected chi connectivity index (χ0v) is 16.7. The standard InChI is InChI=1S/C21H20FN3O5/c1-27-16-6-4-12(8-15(16)22)20-23-21(30-24-20)13-9-19(26)25(11-13)14-5-7-17(28-2)18(10-14)29-3/h4-8,10,13H,9,11H2,1-3H3. The molecular weight excluding hydrogens is 393 g/mol. The molecule has 8 nitrogen and oxygen atoms in total. The second kappa shape index (κ2) is 8.02. The summed E-state index contributed by atoms with van der Waals surface area (Å²) in [6, 6.07) is 9.71. The van der Waals surface area contributed by atoms with Crippen molar-refractivity contribution in [1.29, 1.82) is 0 Å². The molecule has 30 heavy (non-hydrogen) atoms. The Bertz CT molecular complexity index is 1080. The highest BCUT2D eigenvalue weighted by Crippen LogP contribution is 2.36. The van der Waals surface area contributed by atoms with Crippen molar-refractivity contribution in [3.8, 4) is 28.6 Å². The average molecular weight is 413 g/mol. The lowest BCUT2D eigenvalue weighted by Crippen LogP contribution is -2.24. The molecule has 2 heterocycles. The fourth-order valence-corrected chi connectivity index (χ4v) is 3.44. The van der Waals surface area contributed by atoms with Gasteiger partial charge in [0, 0.05) is 30.3 Å². The zero-order chi connectivity index (χ0) is 21.3. The number of rotatable bonds is 6. The smallest absolute Gasteiger partial charge is 0.232 e. The third kappa shape index (κ3) is 3.54. The van der Waals surface area contributed by atoms with Crippen molar-refractivity contribution < 1.29 is 27.9 Å². The summed E-state index contributed by atoms with van der Waals surface area (Å²) < 4.78 is 34.8. The molecule has 156 valence electrons. The highest BCUT2D eigenvalue weighted by Gasteiger charge is 2.35. The summed E-state index contributed by atoms with van der Waals surface area (Å²) in [6.07, 6.45) is 0.229. The van der Waals surface area contributed by atoms with E-state index in [0.29, 0.717) is 35.2 Å². The summed E-state index contributed by atoms with van der Waals surface area (Å²) in [5.74, 6) is 0.982. The molecule has 1 aliphatic rings. The normalized spacial score (nSPS) is 16.1. The quantitative estimate of drug-likeness (QED) is 0.612. The Kier molecular flexibility index (Phi) is 5.26. The topological polar surface area (TPSA) is 86.9 Å². The number of anilines is 1. The van der Waals surface area contributed by atoms with Crippen LogP contribution in [0.1, 0.15) is 18.2 Å². The molecule has 1 unspecified atom stereocenters. The summed E-state index contributed by atoms with van der Waals surface area (Å²) in [7, 11) is 4.49. The van der Waals surface area contributed by atoms with E-state index in [9.17, 15) is 9.18 Å². The minimum atomic E-state index is -0.517. The third-order valence-electron chi connectivity index (χ3n) is 5.00. The Morgan fingerprint density at radius 1 is 1.03 bits per heavy atom. The highest BCUT2D eigenvalue weighted by atomic mass is 19.1. The maximum Gasteiger partial charge on any atom is 0.232 e. The van der Waals surface area contributed by atoms with Crippen LogP contribution in [0, 0.1) is 5.82 Å². The molecule has 1 atom stereocenters. The number of aromatic nitrogens is 2. The molecule has 4 rings (SSSR count). The minimum Gasteiger partial charge on any atom is -0.494 e. The van der Waals surface area contributed by atoms with E-state index in [-0.39, 0.29) is 29.8 Å². The highest BCUT2D eigenvalue weighted by molar-refractivity contribution is 5.96. The molecule has 2 aromatic carbocycles. The molecule has 0 radical (unpaired) electrons. The van der Waals surface area contributed by atoms with E-state index < -0.39 is 5.82 Å². The molecule has 0 bridgehead atoms. The van der Waals surface area contributed by atoms with Crippen LogP contribution in [-0.4, -0.2) is 43.9 Å². The van der Waals surface area contributed by atoms with Gasteiger partial charge >= 0.3 is 0 Å². The van der Waals surface area contributed by atoms with Gasteiger partial charge in [-0.3, -0.25) is 4.79 Å². The second-order valence-electron chi connectivity index (χ2n) is 6.75. The van der Waals surface area contributed by atoms with Gasteiger partial charge in [0.2, 0.25) is 17.6 Å². The lowest BCUT2D eigenvalue weighted by molar-refractivity contribution is -0.117. The third-order valence-corrected chi connectivity index (χ3v) is 5.00. The van der Waals surface area contributed by atoms with Crippen LogP contribution in [0.25, 0.3) is 11.4 Å². The van der Waals surface area contributed by atoms with E-state index in [1.807, 2.05) is 0 Å². The van der Waals surface area contributed by atoms with Crippen molar-refractivity contribution in [3.63, 3.8) is 0 Å². The number of carbonyl (C=O) groups is 1. The van der Waals surface area contributed by atoms with Gasteiger partial charge in [0.15, 0.2) is 23.1 Å². The first-order valence-corrected chi connectivity index (χ1v) is 9.24. The fraction of sp³-hybridized carbons (Fsp3) is 0.286. The van der Waals surface area contributed by atoms with Crippen molar-refractivity contribution in [3.05, 3.63) is 48.1 Å². The van der Waals surface area contributed by atoms with Crippen LogP contribution in [0.5, 0.6) is 17.2 Å². The number of amides is 1. The average Bonchev–Trinajstić information content (AvgIpc) is 3.40. The lowest BCUT2D eigenvalue weighted by atomic mass is 10.1. The number of hydrogen-bond acceptors (Lipinski definition) is 7. The molecule has 0 aliphatic carbocycles. The molecule has 0 N–H and O–H groups in total. The Hall–Kier alpha value is -3.62. The van der Waals surface area contributed by atoms with E-state index in [2.05, 4.69) is 10.1 Å². The Labute approximate surface area is 172 Å². The molecule has 1 aliphatic heterocycles. The SMILES string of the molecule is COc1ccc(-c2noc(C3CC(=O)N(c4ccc(OC)c(OC)c4)C3)n2)cc1F. The number of carbonyl (C=O) groups excluding carboxylic acids is 1. The molecule has 1 saturated heterocycles. The first-order valence-electron chi connectivity index (χ1n) is 9.24. The van der Waals surface area contributed by atoms with Crippen LogP contribution in [0.4, 0.5) is 10.1 Å². The van der Waals surface area contributed by atoms with Gasteiger partial charge in [-0.1, -0.05) is 5.16 Å². The summed E-state index contributed by atoms with van der Waals surface area (Å²) in [6.45, 7) is 0.382. The maximum absolute atomic E-state index is 14.0. The van der Waals surface area contributed by atoms with Crippen molar-refractivity contribution in [1.82, 2.24) is 10.1 Å². The van der Waals surface area contributed by atoms with Gasteiger partial charge in [-0.25, -0.2) is 4.39 Å². The van der Waals surface area contributed by atoms with Gasteiger partial charge < -0.3 is 23.6 Å². The minimum absolute atomic E-state index is 0.0672. The summed E-state index contributed by atoms with van der Waals surface area (Å²) >= 11 is 0. The van der Waals surface area contributed by atoms with Crippen molar-refractivity contribution in [2.45, 2.75) is 12.3 Å². The predicted molar refractivity (Wildman–Crippen MR) is 106 cm³/mol. The first-order chi connectivity index (χ1) is 14.5. The van der Waals surface area contributed by atoms with E-state index in [1.54, 1.807) is 36.3 Å². The number of ether oxygens (including phenoxy) is 3. The monoisotopic (exact) mass is 413 g/mol. The summed E-state index contributed by atoms with van der Waals surface area (Å²) in [4.78, 5) is 18.6. The van der Waals surface area contributed by atoms with Crippen molar-refractivity contribution in [2.75, 3.05) is 32.8 Å². The van der Waals surface area contributed by atoms with Gasteiger partial charge in [-0.05, 0) is 30.3 Å². The predicted octanol–water partition coefficient (Wildman–Crippen LogP) is 3.42. The molecule has 1 aromatic heterocycles. The Balaban J connectivity index is 1.54. The van der Waals surface area contributed by atoms with Crippen LogP contribution in [0.15, 0.2) is 40.9 Å². The number of hydrogen-bond donors (Lipinski definition) is 0. The van der Waals surface area contributed by atoms with Crippen LogP contribution >= 0.6 is 0 Å². The molecule has 9 heteroatoms. The second-order valence-corrected chi connectivity index (χ2v) is 6.75. The molecule has 0 saturated carbocycles. The van der Waals surface area contributed by atoms with Gasteiger partial charge in [0.1, 0.15) is 0 Å². The molecule has 3 aromatic rings. The molecule has 0 spiro atoms. The van der Waals surface area contributed by atoms with Crippen LogP contribution in [0.2, 0.25) is 0 Å². The molecule has 1 fully saturated rings. The molecule has 1 amide bonds. The van der Waals surface area contributed by atoms with Crippen LogP contribution in [0.3, 0.4) is 0 Å². The van der Waals surface area contributed by atoms with Crippen LogP contribution < -0.4 is 19.1 Å². The van der Waals surface area contributed by atoms with Gasteiger partial charge in [-0.15, -0.1) is 0 Å². The van der Waals surface area contributed by atoms with E-state index in [0.717, 1.165) is 0 Å². The van der Waals surface area contributed by atoms with E-state index >= 15 is 0 Å². The number of halogens is 1. The van der Waals surface area contributed by atoms with Crippen molar-refractivity contribution in [2.24, 2.45) is 0 Å². The van der Waals surface area contributed by atoms with Gasteiger partial charge in [0.25, 0.3) is 0 Å². The summed E-state index contributed by atoms with van der Waals surface area (Å²) in [5.41, 5.74) is 1.15. The van der Waals surface area contributed by atoms with Crippen LogP contribution in [-0.2, 0) is 4.79 Å². The number of benzene rings is 2. The van der Waals surface area contributed by atoms with Gasteiger partial charge in [0.05, 0.1) is 27.2 Å². The van der Waals surface area contributed by atoms with Crippen molar-refractivity contribution >= 4 is 11.6 Å². The summed E-state index contributed by atoms with van der Waals surface area (Å²) in [5, 5.41) is 3.94. The Morgan fingerprint density at radius 2 is 1.77 bits per heavy atom. The first kappa shape index (κ1) is 19.7. The fourth-order valence-electron chi connectivity index (χ4n) is 3.44. The number of nitrogens with zero attached hydrogens (tertiary/aromatic N) is 3. The van der Waals surface area contributed by atoms with E-state index in [4.69, 9.17) is 18.7 Å². The van der Waals surface area contributed by atoms with Gasteiger partial charge in [-0.2, -0.15) is 4.98 Å². The zero-order valence-electron chi connectivity index (χ0n) is 16.7. The largest absolute Gasteiger partial charge is 0.494 e. The lowest BCUT2D eigenvalue weighted by Gasteiger charge is -2.18. The van der Waals surface area contributed by atoms with E-state index in [1.165, 1.54) is 26.4 Å². The number of methoxy groups -OCH3 is 3. The Morgan fingerprint density at radius 3 is 2.47 bits per heavy atom. The molecular formula is C21H20FN3O5.